The second kappa shape index (κ2) is 9.35. The lowest BCUT2D eigenvalue weighted by atomic mass is 10.1. The Labute approximate surface area is 203 Å². The number of carbonyl (C=O) groups excluding carboxylic acids is 2. The number of carbonyl (C=O) groups is 2. The van der Waals surface area contributed by atoms with E-state index in [1.807, 2.05) is 32.7 Å². The molecule has 3 aliphatic heterocycles. The van der Waals surface area contributed by atoms with Crippen LogP contribution in [0.1, 0.15) is 44.0 Å². The first-order valence-electron chi connectivity index (χ1n) is 11.2. The van der Waals surface area contributed by atoms with Crippen LogP contribution in [0, 0.1) is 0 Å². The van der Waals surface area contributed by atoms with E-state index in [4.69, 9.17) is 37.4 Å². The number of ether oxygens (including phenoxy) is 3. The molecule has 1 aromatic rings. The number of anilines is 1. The highest BCUT2D eigenvalue weighted by molar-refractivity contribution is 6.42. The van der Waals surface area contributed by atoms with Gasteiger partial charge in [0.2, 0.25) is 0 Å². The van der Waals surface area contributed by atoms with Crippen molar-refractivity contribution in [3.8, 4) is 5.75 Å². The molecule has 4 heterocycles. The first-order valence-corrected chi connectivity index (χ1v) is 11.9. The van der Waals surface area contributed by atoms with Crippen molar-refractivity contribution in [1.29, 1.82) is 0 Å². The number of nitrogens with zero attached hydrogens (tertiary/aromatic N) is 4. The fourth-order valence-corrected chi connectivity index (χ4v) is 4.77. The molecule has 11 heteroatoms. The van der Waals surface area contributed by atoms with Gasteiger partial charge in [0, 0.05) is 45.9 Å². The van der Waals surface area contributed by atoms with Crippen molar-refractivity contribution < 1.29 is 23.8 Å². The molecule has 0 unspecified atom stereocenters. The summed E-state index contributed by atoms with van der Waals surface area (Å²) in [5.41, 5.74) is -0.286. The number of piperazine rings is 1. The van der Waals surface area contributed by atoms with E-state index in [2.05, 4.69) is 4.98 Å². The maximum atomic E-state index is 13.8. The predicted molar refractivity (Wildman–Crippen MR) is 125 cm³/mol. The summed E-state index contributed by atoms with van der Waals surface area (Å²) in [4.78, 5) is 36.2. The lowest BCUT2D eigenvalue weighted by molar-refractivity contribution is 0.000951. The number of halogens is 2. The van der Waals surface area contributed by atoms with E-state index in [-0.39, 0.29) is 40.5 Å². The zero-order valence-corrected chi connectivity index (χ0v) is 20.9. The maximum Gasteiger partial charge on any atom is 0.410 e. The highest BCUT2D eigenvalue weighted by Crippen LogP contribution is 2.42. The molecule has 0 N–H and O–H groups in total. The van der Waals surface area contributed by atoms with Crippen molar-refractivity contribution in [1.82, 2.24) is 14.8 Å². The van der Waals surface area contributed by atoms with Crippen molar-refractivity contribution in [3.63, 3.8) is 0 Å². The van der Waals surface area contributed by atoms with Gasteiger partial charge in [-0.2, -0.15) is 0 Å². The van der Waals surface area contributed by atoms with Crippen LogP contribution in [0.25, 0.3) is 0 Å². The summed E-state index contributed by atoms with van der Waals surface area (Å²) in [5.74, 6) is 0.469. The Kier molecular flexibility index (Phi) is 6.85. The Hall–Kier alpha value is -1.97. The molecule has 3 aliphatic rings. The van der Waals surface area contributed by atoms with Crippen LogP contribution in [0.15, 0.2) is 0 Å². The average Bonchev–Trinajstić information content (AvgIpc) is 2.92. The quantitative estimate of drug-likeness (QED) is 0.574. The molecule has 1 atom stereocenters. The van der Waals surface area contributed by atoms with Gasteiger partial charge in [-0.05, 0) is 33.6 Å². The molecule has 0 radical (unpaired) electrons. The van der Waals surface area contributed by atoms with Crippen molar-refractivity contribution in [2.45, 2.75) is 51.3 Å². The van der Waals surface area contributed by atoms with Gasteiger partial charge in [0.05, 0.1) is 6.04 Å². The van der Waals surface area contributed by atoms with E-state index in [1.165, 1.54) is 0 Å². The van der Waals surface area contributed by atoms with E-state index in [0.717, 1.165) is 12.8 Å². The van der Waals surface area contributed by atoms with Crippen LogP contribution in [0.2, 0.25) is 10.2 Å². The summed E-state index contributed by atoms with van der Waals surface area (Å²) in [6.07, 6.45) is 1.23. The second-order valence-electron chi connectivity index (χ2n) is 9.59. The van der Waals surface area contributed by atoms with Gasteiger partial charge in [-0.1, -0.05) is 23.2 Å². The molecule has 1 aromatic heterocycles. The third-order valence-corrected chi connectivity index (χ3v) is 6.86. The zero-order chi connectivity index (χ0) is 23.9. The molecule has 2 amide bonds. The number of hydrogen-bond acceptors (Lipinski definition) is 7. The average molecular weight is 501 g/mol. The Morgan fingerprint density at radius 2 is 1.91 bits per heavy atom. The first-order chi connectivity index (χ1) is 15.6. The lowest BCUT2D eigenvalue weighted by Gasteiger charge is -2.40. The summed E-state index contributed by atoms with van der Waals surface area (Å²) < 4.78 is 17.0. The van der Waals surface area contributed by atoms with Crippen molar-refractivity contribution in [3.05, 3.63) is 15.7 Å². The predicted octanol–water partition coefficient (Wildman–Crippen LogP) is 3.46. The number of amides is 2. The molecular formula is C22H30Cl2N4O5. The van der Waals surface area contributed by atoms with Gasteiger partial charge in [0.15, 0.2) is 10.9 Å². The number of fused-ring (bicyclic) bond motifs is 2. The fourth-order valence-electron chi connectivity index (χ4n) is 4.41. The molecule has 0 saturated carbocycles. The van der Waals surface area contributed by atoms with Crippen molar-refractivity contribution in [2.75, 3.05) is 51.4 Å². The Morgan fingerprint density at radius 3 is 2.58 bits per heavy atom. The Morgan fingerprint density at radius 1 is 1.21 bits per heavy atom. The largest absolute Gasteiger partial charge is 0.489 e. The minimum Gasteiger partial charge on any atom is -0.489 e. The zero-order valence-electron chi connectivity index (χ0n) is 19.4. The molecule has 2 saturated heterocycles. The van der Waals surface area contributed by atoms with Crippen molar-refractivity contribution >= 4 is 41.0 Å². The molecule has 9 nitrogen and oxygen atoms in total. The molecule has 0 bridgehead atoms. The summed E-state index contributed by atoms with van der Waals surface area (Å²) in [5, 5.41) is 0.209. The van der Waals surface area contributed by atoms with E-state index < -0.39 is 11.7 Å². The highest BCUT2D eigenvalue weighted by Gasteiger charge is 2.41. The van der Waals surface area contributed by atoms with Gasteiger partial charge in [0.1, 0.15) is 28.6 Å². The maximum absolute atomic E-state index is 13.8. The molecular weight excluding hydrogens is 471 g/mol. The third-order valence-electron chi connectivity index (χ3n) is 6.14. The van der Waals surface area contributed by atoms with E-state index in [9.17, 15) is 9.59 Å². The fraction of sp³-hybridized carbons (Fsp3) is 0.682. The molecule has 0 aromatic carbocycles. The van der Waals surface area contributed by atoms with Gasteiger partial charge in [-0.25, -0.2) is 9.78 Å². The van der Waals surface area contributed by atoms with Crippen LogP contribution in [0.5, 0.6) is 5.75 Å². The van der Waals surface area contributed by atoms with E-state index >= 15 is 0 Å². The molecule has 0 aliphatic carbocycles. The first kappa shape index (κ1) is 24.2. The number of hydrogen-bond donors (Lipinski definition) is 0. The SMILES string of the molecule is CN(c1nc(Cl)c(Cl)c2c1C(=O)N1CCN(C(=O)OC(C)(C)C)C[C@@H]1CO2)C1CCOCC1. The third kappa shape index (κ3) is 4.95. The molecule has 33 heavy (non-hydrogen) atoms. The topological polar surface area (TPSA) is 84.4 Å². The molecule has 0 spiro atoms. The second-order valence-corrected chi connectivity index (χ2v) is 10.3. The summed E-state index contributed by atoms with van der Waals surface area (Å²) >= 11 is 12.8. The van der Waals surface area contributed by atoms with E-state index in [1.54, 1.807) is 9.80 Å². The molecule has 182 valence electrons. The number of aromatic nitrogens is 1. The van der Waals surface area contributed by atoms with Crippen LogP contribution in [-0.4, -0.2) is 91.0 Å². The monoisotopic (exact) mass is 500 g/mol. The van der Waals surface area contributed by atoms with Crippen LogP contribution in [-0.2, 0) is 9.47 Å². The molecule has 2 fully saturated rings. The standard InChI is InChI=1S/C22H30Cl2N4O5/c1-22(2,3)33-21(30)27-7-8-28-14(11-27)12-32-17-15(20(28)29)19(25-18(24)16(17)23)26(4)13-5-9-31-10-6-13/h13-14H,5-12H2,1-4H3/t14-/m1/s1. The Bertz CT molecular complexity index is 932. The van der Waals surface area contributed by atoms with Crippen LogP contribution < -0.4 is 9.64 Å². The normalized spacial score (nSPS) is 21.6. The van der Waals surface area contributed by atoms with Gasteiger partial charge in [0.25, 0.3) is 5.91 Å². The minimum atomic E-state index is -0.597. The highest BCUT2D eigenvalue weighted by atomic mass is 35.5. The van der Waals surface area contributed by atoms with Crippen LogP contribution in [0.3, 0.4) is 0 Å². The van der Waals surface area contributed by atoms with Crippen LogP contribution in [0.4, 0.5) is 10.6 Å². The Balaban J connectivity index is 1.63. The van der Waals surface area contributed by atoms with Crippen LogP contribution >= 0.6 is 23.2 Å². The summed E-state index contributed by atoms with van der Waals surface area (Å²) in [6, 6.07) is -0.189. The van der Waals surface area contributed by atoms with E-state index in [0.29, 0.717) is 44.2 Å². The summed E-state index contributed by atoms with van der Waals surface area (Å²) in [6.45, 7) is 7.98. The lowest BCUT2D eigenvalue weighted by Crippen LogP contribution is -2.58. The van der Waals surface area contributed by atoms with Gasteiger partial charge in [-0.3, -0.25) is 4.79 Å². The molecule has 4 rings (SSSR count). The minimum absolute atomic E-state index is 0.0902. The van der Waals surface area contributed by atoms with Crippen molar-refractivity contribution in [2.24, 2.45) is 0 Å². The smallest absolute Gasteiger partial charge is 0.410 e. The number of rotatable bonds is 2. The number of pyridine rings is 1. The van der Waals surface area contributed by atoms with Gasteiger partial charge in [-0.15, -0.1) is 0 Å². The van der Waals surface area contributed by atoms with Gasteiger partial charge < -0.3 is 28.9 Å². The summed E-state index contributed by atoms with van der Waals surface area (Å²) in [7, 11) is 1.90. The van der Waals surface area contributed by atoms with Gasteiger partial charge >= 0.3 is 6.09 Å².